The quantitative estimate of drug-likeness (QED) is 0.786. The van der Waals surface area contributed by atoms with Crippen LogP contribution >= 0.6 is 11.6 Å². The van der Waals surface area contributed by atoms with Crippen LogP contribution in [0.2, 0.25) is 5.02 Å². The van der Waals surface area contributed by atoms with Crippen molar-refractivity contribution in [3.8, 4) is 11.5 Å². The highest BCUT2D eigenvalue weighted by Crippen LogP contribution is 2.25. The van der Waals surface area contributed by atoms with Crippen LogP contribution in [-0.2, 0) is 14.8 Å². The molecule has 6 nitrogen and oxygen atoms in total. The van der Waals surface area contributed by atoms with Crippen LogP contribution in [0, 0.1) is 0 Å². The Morgan fingerprint density at radius 3 is 2.46 bits per heavy atom. The van der Waals surface area contributed by atoms with Crippen molar-refractivity contribution in [3.05, 3.63) is 53.6 Å². The number of amides is 1. The maximum atomic E-state index is 11.7. The van der Waals surface area contributed by atoms with Crippen LogP contribution in [0.5, 0.6) is 11.5 Å². The van der Waals surface area contributed by atoms with Crippen molar-refractivity contribution in [2.45, 2.75) is 6.42 Å². The van der Waals surface area contributed by atoms with Crippen molar-refractivity contribution in [1.29, 1.82) is 0 Å². The summed E-state index contributed by atoms with van der Waals surface area (Å²) in [6.07, 6.45) is 1.09. The van der Waals surface area contributed by atoms with E-state index in [1.807, 2.05) is 0 Å². The molecule has 0 aliphatic heterocycles. The summed E-state index contributed by atoms with van der Waals surface area (Å²) in [7, 11) is -3.29. The third-order valence-corrected chi connectivity index (χ3v) is 3.85. The molecule has 0 atom stereocenters. The molecule has 0 unspecified atom stereocenters. The average molecular weight is 369 g/mol. The lowest BCUT2D eigenvalue weighted by Crippen LogP contribution is -2.26. The molecule has 2 aromatic carbocycles. The Labute approximate surface area is 145 Å². The Kier molecular flexibility index (Phi) is 6.19. The van der Waals surface area contributed by atoms with Crippen molar-refractivity contribution in [2.75, 3.05) is 18.1 Å². The zero-order valence-electron chi connectivity index (χ0n) is 13.0. The zero-order valence-corrected chi connectivity index (χ0v) is 14.5. The molecular weight excluding hydrogens is 352 g/mol. The number of sulfonamides is 1. The summed E-state index contributed by atoms with van der Waals surface area (Å²) in [5.74, 6) is 0.940. The molecule has 8 heteroatoms. The van der Waals surface area contributed by atoms with Crippen LogP contribution in [-0.4, -0.2) is 27.1 Å². The third kappa shape index (κ3) is 6.57. The SMILES string of the molecule is CS(=O)(=O)NCCC(=O)Nc1ccc(Oc2cccc(Cl)c2)cc1. The van der Waals surface area contributed by atoms with Crippen LogP contribution < -0.4 is 14.8 Å². The third-order valence-electron chi connectivity index (χ3n) is 2.89. The monoisotopic (exact) mass is 368 g/mol. The van der Waals surface area contributed by atoms with Crippen molar-refractivity contribution in [2.24, 2.45) is 0 Å². The molecule has 0 spiro atoms. The lowest BCUT2D eigenvalue weighted by atomic mass is 10.3. The van der Waals surface area contributed by atoms with E-state index in [-0.39, 0.29) is 18.9 Å². The van der Waals surface area contributed by atoms with Gasteiger partial charge in [-0.1, -0.05) is 17.7 Å². The minimum atomic E-state index is -3.29. The van der Waals surface area contributed by atoms with Crippen LogP contribution in [0.1, 0.15) is 6.42 Å². The second kappa shape index (κ2) is 8.14. The van der Waals surface area contributed by atoms with E-state index in [9.17, 15) is 13.2 Å². The van der Waals surface area contributed by atoms with Gasteiger partial charge in [0.2, 0.25) is 15.9 Å². The molecule has 0 fully saturated rings. The fraction of sp³-hybridized carbons (Fsp3) is 0.188. The first-order valence-corrected chi connectivity index (χ1v) is 9.37. The highest BCUT2D eigenvalue weighted by Gasteiger charge is 2.06. The van der Waals surface area contributed by atoms with Gasteiger partial charge < -0.3 is 10.1 Å². The van der Waals surface area contributed by atoms with Crippen molar-refractivity contribution in [1.82, 2.24) is 4.72 Å². The molecule has 24 heavy (non-hydrogen) atoms. The van der Waals surface area contributed by atoms with E-state index in [0.717, 1.165) is 6.26 Å². The second-order valence-corrected chi connectivity index (χ2v) is 7.32. The van der Waals surface area contributed by atoms with Crippen LogP contribution in [0.3, 0.4) is 0 Å². The predicted molar refractivity (Wildman–Crippen MR) is 94.1 cm³/mol. The van der Waals surface area contributed by atoms with Crippen LogP contribution in [0.4, 0.5) is 5.69 Å². The predicted octanol–water partition coefficient (Wildman–Crippen LogP) is 3.01. The first-order valence-electron chi connectivity index (χ1n) is 7.10. The van der Waals surface area contributed by atoms with Crippen molar-refractivity contribution in [3.63, 3.8) is 0 Å². The first-order chi connectivity index (χ1) is 11.3. The van der Waals surface area contributed by atoms with Gasteiger partial charge in [0, 0.05) is 23.7 Å². The van der Waals surface area contributed by atoms with Gasteiger partial charge in [-0.2, -0.15) is 0 Å². The van der Waals surface area contributed by atoms with Gasteiger partial charge in [0.05, 0.1) is 6.26 Å². The van der Waals surface area contributed by atoms with Crippen LogP contribution in [0.15, 0.2) is 48.5 Å². The molecule has 2 N–H and O–H groups in total. The summed E-state index contributed by atoms with van der Waals surface area (Å²) >= 11 is 5.89. The molecule has 0 aromatic heterocycles. The molecule has 0 saturated heterocycles. The highest BCUT2D eigenvalue weighted by atomic mass is 35.5. The molecule has 0 heterocycles. The average Bonchev–Trinajstić information content (AvgIpc) is 2.48. The maximum Gasteiger partial charge on any atom is 0.225 e. The van der Waals surface area contributed by atoms with E-state index in [0.29, 0.717) is 22.2 Å². The number of anilines is 1. The van der Waals surface area contributed by atoms with Gasteiger partial charge in [0.15, 0.2) is 0 Å². The summed E-state index contributed by atoms with van der Waals surface area (Å²) in [6.45, 7) is 0.0562. The zero-order chi connectivity index (χ0) is 17.6. The number of halogens is 1. The summed E-state index contributed by atoms with van der Waals surface area (Å²) in [6, 6.07) is 13.9. The number of benzene rings is 2. The van der Waals surface area contributed by atoms with E-state index in [2.05, 4.69) is 10.0 Å². The smallest absolute Gasteiger partial charge is 0.225 e. The highest BCUT2D eigenvalue weighted by molar-refractivity contribution is 7.88. The maximum absolute atomic E-state index is 11.7. The Balaban J connectivity index is 1.86. The summed E-state index contributed by atoms with van der Waals surface area (Å²) in [5.41, 5.74) is 0.595. The van der Waals surface area contributed by atoms with Crippen molar-refractivity contribution >= 4 is 33.2 Å². The second-order valence-electron chi connectivity index (χ2n) is 5.05. The van der Waals surface area contributed by atoms with Crippen LogP contribution in [0.25, 0.3) is 0 Å². The molecule has 0 aliphatic rings. The summed E-state index contributed by atoms with van der Waals surface area (Å²) < 4.78 is 29.7. The standard InChI is InChI=1S/C16H17ClN2O4S/c1-24(21,22)18-10-9-16(20)19-13-5-7-14(8-6-13)23-15-4-2-3-12(17)11-15/h2-8,11,18H,9-10H2,1H3,(H,19,20). The van der Waals surface area contributed by atoms with Gasteiger partial charge in [-0.15, -0.1) is 0 Å². The number of rotatable bonds is 7. The van der Waals surface area contributed by atoms with E-state index in [1.165, 1.54) is 0 Å². The van der Waals surface area contributed by atoms with E-state index in [4.69, 9.17) is 16.3 Å². The van der Waals surface area contributed by atoms with Gasteiger partial charge >= 0.3 is 0 Å². The van der Waals surface area contributed by atoms with Gasteiger partial charge in [0.25, 0.3) is 0 Å². The molecule has 0 bridgehead atoms. The number of nitrogens with one attached hydrogen (secondary N) is 2. The lowest BCUT2D eigenvalue weighted by molar-refractivity contribution is -0.116. The Morgan fingerprint density at radius 1 is 1.12 bits per heavy atom. The summed E-state index contributed by atoms with van der Waals surface area (Å²) in [5, 5.41) is 3.26. The molecule has 128 valence electrons. The van der Waals surface area contributed by atoms with Gasteiger partial charge in [-0.3, -0.25) is 4.79 Å². The number of carbonyl (C=O) groups excluding carboxylic acids is 1. The number of carbonyl (C=O) groups is 1. The van der Waals surface area contributed by atoms with Gasteiger partial charge in [-0.05, 0) is 42.5 Å². The fourth-order valence-electron chi connectivity index (χ4n) is 1.85. The Morgan fingerprint density at radius 2 is 1.83 bits per heavy atom. The lowest BCUT2D eigenvalue weighted by Gasteiger charge is -2.08. The summed E-state index contributed by atoms with van der Waals surface area (Å²) in [4.78, 5) is 11.7. The molecule has 2 aromatic rings. The van der Waals surface area contributed by atoms with E-state index >= 15 is 0 Å². The molecule has 2 rings (SSSR count). The Bertz CT molecular complexity index is 807. The van der Waals surface area contributed by atoms with E-state index in [1.54, 1.807) is 48.5 Å². The normalized spacial score (nSPS) is 11.1. The topological polar surface area (TPSA) is 84.5 Å². The molecule has 0 radical (unpaired) electrons. The number of ether oxygens (including phenoxy) is 1. The first kappa shape index (κ1) is 18.3. The minimum absolute atomic E-state index is 0.0494. The van der Waals surface area contributed by atoms with Gasteiger partial charge in [-0.25, -0.2) is 13.1 Å². The molecular formula is C16H17ClN2O4S. The number of hydrogen-bond acceptors (Lipinski definition) is 4. The molecule has 0 aliphatic carbocycles. The van der Waals surface area contributed by atoms with E-state index < -0.39 is 10.0 Å². The fourth-order valence-corrected chi connectivity index (χ4v) is 2.50. The minimum Gasteiger partial charge on any atom is -0.457 e. The van der Waals surface area contributed by atoms with Crippen molar-refractivity contribution < 1.29 is 17.9 Å². The number of hydrogen-bond donors (Lipinski definition) is 2. The van der Waals surface area contributed by atoms with Gasteiger partial charge in [0.1, 0.15) is 11.5 Å². The Hall–Kier alpha value is -2.09. The molecule has 0 saturated carbocycles. The molecule has 1 amide bonds. The largest absolute Gasteiger partial charge is 0.457 e.